The third-order valence-electron chi connectivity index (χ3n) is 3.98. The van der Waals surface area contributed by atoms with Crippen LogP contribution in [0.4, 0.5) is 13.2 Å². The molecule has 0 saturated heterocycles. The highest BCUT2D eigenvalue weighted by atomic mass is 35.5. The minimum Gasteiger partial charge on any atom is -0.478 e. The van der Waals surface area contributed by atoms with Crippen molar-refractivity contribution in [2.24, 2.45) is 5.73 Å². The van der Waals surface area contributed by atoms with E-state index in [4.69, 9.17) is 27.2 Å². The van der Waals surface area contributed by atoms with Crippen LogP contribution in [0.2, 0.25) is 5.02 Å². The number of benzene rings is 2. The minimum absolute atomic E-state index is 0.0809. The van der Waals surface area contributed by atoms with Crippen LogP contribution >= 0.6 is 11.6 Å². The Labute approximate surface area is 151 Å². The summed E-state index contributed by atoms with van der Waals surface area (Å²) >= 11 is 6.10. The van der Waals surface area contributed by atoms with Gasteiger partial charge in [-0.3, -0.25) is 0 Å². The molecule has 1 aliphatic rings. The Morgan fingerprint density at radius 2 is 1.92 bits per heavy atom. The number of carboxylic acids is 1. The summed E-state index contributed by atoms with van der Waals surface area (Å²) in [5.41, 5.74) is 6.57. The van der Waals surface area contributed by atoms with Gasteiger partial charge in [-0.05, 0) is 29.3 Å². The van der Waals surface area contributed by atoms with Gasteiger partial charge in [0.15, 0.2) is 0 Å². The molecular formula is C18H13ClF3NO3. The molecule has 0 amide bonds. The summed E-state index contributed by atoms with van der Waals surface area (Å²) in [6.07, 6.45) is -6.51. The van der Waals surface area contributed by atoms with Gasteiger partial charge in [0.1, 0.15) is 5.75 Å². The Hall–Kier alpha value is -2.51. The Kier molecular flexibility index (Phi) is 4.68. The van der Waals surface area contributed by atoms with Crippen molar-refractivity contribution in [1.82, 2.24) is 0 Å². The van der Waals surface area contributed by atoms with Crippen LogP contribution in [-0.4, -0.2) is 23.4 Å². The van der Waals surface area contributed by atoms with E-state index in [-0.39, 0.29) is 22.9 Å². The van der Waals surface area contributed by atoms with Gasteiger partial charge in [0.2, 0.25) is 6.10 Å². The molecule has 8 heteroatoms. The van der Waals surface area contributed by atoms with Crippen LogP contribution in [0.25, 0.3) is 17.2 Å². The summed E-state index contributed by atoms with van der Waals surface area (Å²) in [6.45, 7) is 0.163. The second-order valence-corrected chi connectivity index (χ2v) is 6.11. The monoisotopic (exact) mass is 383 g/mol. The number of ether oxygens (including phenoxy) is 1. The Morgan fingerprint density at radius 1 is 1.23 bits per heavy atom. The maximum Gasteiger partial charge on any atom is 0.430 e. The average Bonchev–Trinajstić information content (AvgIpc) is 2.58. The van der Waals surface area contributed by atoms with E-state index in [1.807, 2.05) is 0 Å². The highest BCUT2D eigenvalue weighted by Crippen LogP contribution is 2.44. The van der Waals surface area contributed by atoms with Crippen LogP contribution in [0.1, 0.15) is 11.1 Å². The Bertz CT molecular complexity index is 909. The molecule has 3 rings (SSSR count). The summed E-state index contributed by atoms with van der Waals surface area (Å²) in [4.78, 5) is 11.3. The van der Waals surface area contributed by atoms with Crippen LogP contribution in [0.5, 0.6) is 5.75 Å². The van der Waals surface area contributed by atoms with E-state index in [2.05, 4.69) is 0 Å². The summed E-state index contributed by atoms with van der Waals surface area (Å²) < 4.78 is 45.1. The molecule has 2 aromatic carbocycles. The topological polar surface area (TPSA) is 72.5 Å². The number of hydrogen-bond acceptors (Lipinski definition) is 3. The van der Waals surface area contributed by atoms with Crippen molar-refractivity contribution < 1.29 is 27.8 Å². The lowest BCUT2D eigenvalue weighted by atomic mass is 9.93. The predicted octanol–water partition coefficient (Wildman–Crippen LogP) is 4.26. The van der Waals surface area contributed by atoms with E-state index in [1.54, 1.807) is 24.3 Å². The van der Waals surface area contributed by atoms with Crippen molar-refractivity contribution in [1.29, 1.82) is 0 Å². The third kappa shape index (κ3) is 3.27. The van der Waals surface area contributed by atoms with E-state index in [0.717, 1.165) is 6.08 Å². The van der Waals surface area contributed by atoms with Gasteiger partial charge in [-0.25, -0.2) is 4.79 Å². The van der Waals surface area contributed by atoms with Crippen molar-refractivity contribution in [3.05, 3.63) is 58.1 Å². The standard InChI is InChI=1S/C18H13ClF3NO3/c19-11-5-10-6-14(17(24)25)16(18(20,21)22)26-15(10)13(7-11)12-4-2-1-3-9(12)8-23/h1-7,16H,8,23H2,(H,24,25)/t16-/m0/s1. The highest BCUT2D eigenvalue weighted by molar-refractivity contribution is 6.31. The smallest absolute Gasteiger partial charge is 0.430 e. The fraction of sp³-hybridized carbons (Fsp3) is 0.167. The quantitative estimate of drug-likeness (QED) is 0.830. The lowest BCUT2D eigenvalue weighted by Crippen LogP contribution is -2.40. The molecule has 0 unspecified atom stereocenters. The van der Waals surface area contributed by atoms with Gasteiger partial charge in [0.25, 0.3) is 0 Å². The molecule has 0 bridgehead atoms. The van der Waals surface area contributed by atoms with Crippen molar-refractivity contribution in [3.63, 3.8) is 0 Å². The molecular weight excluding hydrogens is 371 g/mol. The van der Waals surface area contributed by atoms with E-state index in [1.165, 1.54) is 12.1 Å². The van der Waals surface area contributed by atoms with Crippen molar-refractivity contribution in [3.8, 4) is 16.9 Å². The van der Waals surface area contributed by atoms with Crippen LogP contribution in [0.15, 0.2) is 42.0 Å². The molecule has 0 saturated carbocycles. The molecule has 0 radical (unpaired) electrons. The number of nitrogens with two attached hydrogens (primary N) is 1. The molecule has 0 aromatic heterocycles. The number of carbonyl (C=O) groups is 1. The lowest BCUT2D eigenvalue weighted by Gasteiger charge is -2.29. The molecule has 1 aliphatic heterocycles. The Morgan fingerprint density at radius 3 is 2.54 bits per heavy atom. The summed E-state index contributed by atoms with van der Waals surface area (Å²) in [5, 5.41) is 9.37. The first-order valence-electron chi connectivity index (χ1n) is 7.52. The number of halogens is 4. The summed E-state index contributed by atoms with van der Waals surface area (Å²) in [5.74, 6) is -1.79. The molecule has 1 atom stereocenters. The molecule has 1 heterocycles. The van der Waals surface area contributed by atoms with E-state index >= 15 is 0 Å². The largest absolute Gasteiger partial charge is 0.478 e. The van der Waals surface area contributed by atoms with Crippen LogP contribution in [-0.2, 0) is 11.3 Å². The first-order valence-corrected chi connectivity index (χ1v) is 7.90. The van der Waals surface area contributed by atoms with Gasteiger partial charge >= 0.3 is 12.1 Å². The van der Waals surface area contributed by atoms with E-state index in [9.17, 15) is 18.0 Å². The van der Waals surface area contributed by atoms with Crippen LogP contribution < -0.4 is 10.5 Å². The number of hydrogen-bond donors (Lipinski definition) is 2. The molecule has 0 spiro atoms. The molecule has 4 nitrogen and oxygen atoms in total. The zero-order chi connectivity index (χ0) is 19.1. The molecule has 136 valence electrons. The van der Waals surface area contributed by atoms with Gasteiger partial charge < -0.3 is 15.6 Å². The first-order chi connectivity index (χ1) is 12.2. The second kappa shape index (κ2) is 6.66. The normalized spacial score (nSPS) is 16.5. The van der Waals surface area contributed by atoms with Gasteiger partial charge in [0.05, 0.1) is 5.57 Å². The van der Waals surface area contributed by atoms with Gasteiger partial charge in [-0.1, -0.05) is 35.9 Å². The van der Waals surface area contributed by atoms with Gasteiger partial charge in [-0.15, -0.1) is 0 Å². The fourth-order valence-electron chi connectivity index (χ4n) is 2.86. The summed E-state index contributed by atoms with van der Waals surface area (Å²) in [6, 6.07) is 9.74. The number of alkyl halides is 3. The van der Waals surface area contributed by atoms with E-state index in [0.29, 0.717) is 16.7 Å². The molecule has 0 aliphatic carbocycles. The van der Waals surface area contributed by atoms with Crippen molar-refractivity contribution in [2.75, 3.05) is 0 Å². The predicted molar refractivity (Wildman–Crippen MR) is 90.9 cm³/mol. The first kappa shape index (κ1) is 18.3. The lowest BCUT2D eigenvalue weighted by molar-refractivity contribution is -0.187. The molecule has 3 N–H and O–H groups in total. The van der Waals surface area contributed by atoms with Crippen molar-refractivity contribution in [2.45, 2.75) is 18.8 Å². The van der Waals surface area contributed by atoms with Gasteiger partial charge in [-0.2, -0.15) is 13.2 Å². The minimum atomic E-state index is -4.88. The van der Waals surface area contributed by atoms with Crippen LogP contribution in [0, 0.1) is 0 Å². The molecule has 26 heavy (non-hydrogen) atoms. The molecule has 2 aromatic rings. The number of carboxylic acid groups (broad SMARTS) is 1. The number of fused-ring (bicyclic) bond motifs is 1. The summed E-state index contributed by atoms with van der Waals surface area (Å²) in [7, 11) is 0. The van der Waals surface area contributed by atoms with Gasteiger partial charge in [0, 0.05) is 22.7 Å². The average molecular weight is 384 g/mol. The fourth-order valence-corrected chi connectivity index (χ4v) is 3.08. The zero-order valence-electron chi connectivity index (χ0n) is 13.2. The molecule has 0 fully saturated rings. The second-order valence-electron chi connectivity index (χ2n) is 5.68. The maximum atomic E-state index is 13.3. The van der Waals surface area contributed by atoms with Crippen molar-refractivity contribution >= 4 is 23.6 Å². The maximum absolute atomic E-state index is 13.3. The van der Waals surface area contributed by atoms with Crippen LogP contribution in [0.3, 0.4) is 0 Å². The third-order valence-corrected chi connectivity index (χ3v) is 4.20. The zero-order valence-corrected chi connectivity index (χ0v) is 13.9. The number of aliphatic carboxylic acids is 1. The Balaban J connectivity index is 2.26. The number of rotatable bonds is 3. The SMILES string of the molecule is NCc1ccccc1-c1cc(Cl)cc2c1O[C@H](C(F)(F)F)C(C(=O)O)=C2. The highest BCUT2D eigenvalue weighted by Gasteiger charge is 2.48. The van der Waals surface area contributed by atoms with E-state index < -0.39 is 23.8 Å².